The Hall–Kier alpha value is -0.350. The fraction of sp³-hybridized carbons (Fsp3) is 0.235. The summed E-state index contributed by atoms with van der Waals surface area (Å²) in [5, 5.41) is 3.08. The molecule has 120 valence electrons. The number of hydrogen-bond donors (Lipinski definition) is 1. The number of para-hydroxylation sites is 2. The maximum absolute atomic E-state index is 12.7. The van der Waals surface area contributed by atoms with Gasteiger partial charge in [0, 0.05) is 24.7 Å². The number of benzene rings is 2. The molecule has 0 spiro atoms. The van der Waals surface area contributed by atoms with E-state index in [0.29, 0.717) is 5.56 Å². The van der Waals surface area contributed by atoms with Crippen LogP contribution in [0.5, 0.6) is 0 Å². The van der Waals surface area contributed by atoms with Gasteiger partial charge in [-0.05, 0) is 98.2 Å². The van der Waals surface area contributed by atoms with Crippen molar-refractivity contribution >= 4 is 78.4 Å². The van der Waals surface area contributed by atoms with Crippen LogP contribution in [0.15, 0.2) is 40.9 Å². The van der Waals surface area contributed by atoms with Crippen molar-refractivity contribution < 1.29 is 4.79 Å². The molecule has 1 amide bonds. The van der Waals surface area contributed by atoms with E-state index in [1.165, 1.54) is 12.8 Å². The summed E-state index contributed by atoms with van der Waals surface area (Å²) in [5.74, 6) is -0.0834. The molecule has 1 aliphatic rings. The lowest BCUT2D eigenvalue weighted by Crippen LogP contribution is -2.21. The number of nitrogens with one attached hydrogen (secondary N) is 1. The van der Waals surface area contributed by atoms with Gasteiger partial charge in [0.05, 0.1) is 16.9 Å². The number of hydrogen-bond acceptors (Lipinski definition) is 2. The van der Waals surface area contributed by atoms with Crippen molar-refractivity contribution in [2.45, 2.75) is 12.8 Å². The van der Waals surface area contributed by atoms with Gasteiger partial charge >= 0.3 is 0 Å². The molecule has 0 atom stereocenters. The summed E-state index contributed by atoms with van der Waals surface area (Å²) in [6, 6.07) is 12.0. The minimum Gasteiger partial charge on any atom is -0.370 e. The van der Waals surface area contributed by atoms with E-state index < -0.39 is 0 Å². The van der Waals surface area contributed by atoms with Crippen LogP contribution in [-0.2, 0) is 0 Å². The zero-order chi connectivity index (χ0) is 16.4. The van der Waals surface area contributed by atoms with Crippen LogP contribution in [0.2, 0.25) is 0 Å². The Labute approximate surface area is 171 Å². The fourth-order valence-corrected chi connectivity index (χ4v) is 4.98. The smallest absolute Gasteiger partial charge is 0.256 e. The molecule has 1 N–H and O–H groups in total. The molecular weight excluding hydrogens is 582 g/mol. The first kappa shape index (κ1) is 17.5. The van der Waals surface area contributed by atoms with Crippen LogP contribution in [0.25, 0.3) is 0 Å². The minimum absolute atomic E-state index is 0.0834. The number of rotatable bonds is 3. The zero-order valence-electron chi connectivity index (χ0n) is 12.3. The number of carbonyl (C=O) groups excluding carboxylic acids is 1. The van der Waals surface area contributed by atoms with Crippen molar-refractivity contribution in [3.8, 4) is 0 Å². The molecule has 23 heavy (non-hydrogen) atoms. The third-order valence-corrected chi connectivity index (χ3v) is 6.91. The molecule has 2 aromatic carbocycles. The van der Waals surface area contributed by atoms with Crippen molar-refractivity contribution in [3.05, 3.63) is 53.6 Å². The first-order chi connectivity index (χ1) is 11.1. The number of carbonyl (C=O) groups is 1. The molecule has 6 heteroatoms. The summed E-state index contributed by atoms with van der Waals surface area (Å²) in [6.45, 7) is 2.11. The molecule has 2 aromatic rings. The Morgan fingerprint density at radius 1 is 1.13 bits per heavy atom. The molecule has 3 nitrogen and oxygen atoms in total. The van der Waals surface area contributed by atoms with Crippen molar-refractivity contribution in [3.63, 3.8) is 0 Å². The Morgan fingerprint density at radius 3 is 2.57 bits per heavy atom. The lowest BCUT2D eigenvalue weighted by atomic mass is 10.2. The molecule has 0 radical (unpaired) electrons. The Bertz CT molecular complexity index is 745. The lowest BCUT2D eigenvalue weighted by Gasteiger charge is -2.21. The maximum atomic E-state index is 12.7. The van der Waals surface area contributed by atoms with Crippen LogP contribution >= 0.6 is 61.1 Å². The van der Waals surface area contributed by atoms with Crippen LogP contribution in [0.1, 0.15) is 23.2 Å². The standard InChI is InChI=1S/C17H15BrI2N2O/c18-16-12(9-11(19)10-13(16)20)17(23)21-14-5-1-2-6-15(14)22-7-3-4-8-22/h1-2,5-6,9-10H,3-4,7-8H2,(H,21,23). The largest absolute Gasteiger partial charge is 0.370 e. The van der Waals surface area contributed by atoms with Crippen LogP contribution in [-0.4, -0.2) is 19.0 Å². The van der Waals surface area contributed by atoms with Crippen LogP contribution in [0.4, 0.5) is 11.4 Å². The summed E-state index contributed by atoms with van der Waals surface area (Å²) >= 11 is 8.00. The molecule has 1 fully saturated rings. The van der Waals surface area contributed by atoms with Gasteiger partial charge in [-0.25, -0.2) is 0 Å². The number of halogens is 3. The van der Waals surface area contributed by atoms with Crippen LogP contribution in [0.3, 0.4) is 0 Å². The highest BCUT2D eigenvalue weighted by atomic mass is 127. The SMILES string of the molecule is O=C(Nc1ccccc1N1CCCC1)c1cc(I)cc(I)c1Br. The highest BCUT2D eigenvalue weighted by Gasteiger charge is 2.19. The second-order valence-electron chi connectivity index (χ2n) is 5.41. The second-order valence-corrected chi connectivity index (χ2v) is 8.62. The van der Waals surface area contributed by atoms with E-state index in [1.54, 1.807) is 0 Å². The molecule has 0 aromatic heterocycles. The summed E-state index contributed by atoms with van der Waals surface area (Å²) < 4.78 is 2.93. The monoisotopic (exact) mass is 596 g/mol. The summed E-state index contributed by atoms with van der Waals surface area (Å²) in [5.41, 5.74) is 2.65. The van der Waals surface area contributed by atoms with Gasteiger partial charge in [-0.2, -0.15) is 0 Å². The van der Waals surface area contributed by atoms with Gasteiger partial charge in [0.15, 0.2) is 0 Å². The summed E-state index contributed by atoms with van der Waals surface area (Å²) in [6.07, 6.45) is 2.42. The number of nitrogens with zero attached hydrogens (tertiary/aromatic N) is 1. The Morgan fingerprint density at radius 2 is 1.83 bits per heavy atom. The molecule has 0 bridgehead atoms. The van der Waals surface area contributed by atoms with E-state index in [9.17, 15) is 4.79 Å². The van der Waals surface area contributed by atoms with Gasteiger partial charge < -0.3 is 10.2 Å². The molecular formula is C17H15BrI2N2O. The molecule has 1 saturated heterocycles. The molecule has 3 rings (SSSR count). The minimum atomic E-state index is -0.0834. The second kappa shape index (κ2) is 7.69. The number of amides is 1. The molecule has 1 aliphatic heterocycles. The van der Waals surface area contributed by atoms with E-state index in [0.717, 1.165) is 36.1 Å². The van der Waals surface area contributed by atoms with E-state index in [2.05, 4.69) is 77.4 Å². The van der Waals surface area contributed by atoms with Gasteiger partial charge in [-0.15, -0.1) is 0 Å². The van der Waals surface area contributed by atoms with Crippen LogP contribution in [0, 0.1) is 7.14 Å². The van der Waals surface area contributed by atoms with E-state index in [-0.39, 0.29) is 5.91 Å². The lowest BCUT2D eigenvalue weighted by molar-refractivity contribution is 0.102. The molecule has 0 unspecified atom stereocenters. The third kappa shape index (κ3) is 4.01. The van der Waals surface area contributed by atoms with Gasteiger partial charge in [0.1, 0.15) is 0 Å². The van der Waals surface area contributed by atoms with Gasteiger partial charge in [-0.3, -0.25) is 4.79 Å². The first-order valence-corrected chi connectivity index (χ1v) is 10.3. The van der Waals surface area contributed by atoms with Crippen molar-refractivity contribution in [1.29, 1.82) is 0 Å². The molecule has 1 heterocycles. The predicted molar refractivity (Wildman–Crippen MR) is 115 cm³/mol. The zero-order valence-corrected chi connectivity index (χ0v) is 18.2. The predicted octanol–water partition coefficient (Wildman–Crippen LogP) is 5.51. The van der Waals surface area contributed by atoms with Gasteiger partial charge in [0.25, 0.3) is 5.91 Å². The molecule has 0 aliphatic carbocycles. The van der Waals surface area contributed by atoms with Crippen molar-refractivity contribution in [1.82, 2.24) is 0 Å². The highest BCUT2D eigenvalue weighted by molar-refractivity contribution is 14.1. The topological polar surface area (TPSA) is 32.3 Å². The first-order valence-electron chi connectivity index (χ1n) is 7.36. The Balaban J connectivity index is 1.89. The summed E-state index contributed by atoms with van der Waals surface area (Å²) in [4.78, 5) is 15.1. The average molecular weight is 597 g/mol. The number of anilines is 2. The highest BCUT2D eigenvalue weighted by Crippen LogP contribution is 2.31. The van der Waals surface area contributed by atoms with E-state index in [4.69, 9.17) is 0 Å². The van der Waals surface area contributed by atoms with Crippen molar-refractivity contribution in [2.24, 2.45) is 0 Å². The van der Waals surface area contributed by atoms with Gasteiger partial charge in [-0.1, -0.05) is 12.1 Å². The van der Waals surface area contributed by atoms with Gasteiger partial charge in [0.2, 0.25) is 0 Å². The molecule has 0 saturated carbocycles. The fourth-order valence-electron chi connectivity index (χ4n) is 2.72. The maximum Gasteiger partial charge on any atom is 0.256 e. The van der Waals surface area contributed by atoms with E-state index >= 15 is 0 Å². The average Bonchev–Trinajstić information content (AvgIpc) is 3.05. The quantitative estimate of drug-likeness (QED) is 0.374. The summed E-state index contributed by atoms with van der Waals surface area (Å²) in [7, 11) is 0. The normalized spacial score (nSPS) is 14.1. The Kier molecular flexibility index (Phi) is 5.84. The van der Waals surface area contributed by atoms with Crippen molar-refractivity contribution in [2.75, 3.05) is 23.3 Å². The van der Waals surface area contributed by atoms with Crippen LogP contribution < -0.4 is 10.2 Å². The van der Waals surface area contributed by atoms with E-state index in [1.807, 2.05) is 30.3 Å². The third-order valence-electron chi connectivity index (χ3n) is 3.84.